The summed E-state index contributed by atoms with van der Waals surface area (Å²) in [5.41, 5.74) is 10.4. The van der Waals surface area contributed by atoms with E-state index < -0.39 is 0 Å². The third-order valence-corrected chi connectivity index (χ3v) is 4.14. The minimum absolute atomic E-state index is 0.0600. The molecule has 0 heterocycles. The molecule has 24 heavy (non-hydrogen) atoms. The van der Waals surface area contributed by atoms with Gasteiger partial charge in [-0.2, -0.15) is 0 Å². The minimum atomic E-state index is -0.325. The number of nitrogens with two attached hydrogens (primary N) is 1. The van der Waals surface area contributed by atoms with Gasteiger partial charge in [-0.1, -0.05) is 55.0 Å². The molecule has 0 bridgehead atoms. The number of benzene rings is 2. The number of anilines is 1. The van der Waals surface area contributed by atoms with E-state index in [0.717, 1.165) is 23.4 Å². The summed E-state index contributed by atoms with van der Waals surface area (Å²) in [5, 5.41) is 3.05. The first-order valence-corrected chi connectivity index (χ1v) is 8.24. The molecule has 2 aromatic rings. The zero-order valence-electron chi connectivity index (χ0n) is 14.9. The van der Waals surface area contributed by atoms with Gasteiger partial charge >= 0.3 is 0 Å². The molecule has 3 N–H and O–H groups in total. The summed E-state index contributed by atoms with van der Waals surface area (Å²) < 4.78 is 0. The topological polar surface area (TPSA) is 58.4 Å². The Morgan fingerprint density at radius 2 is 1.83 bits per heavy atom. The normalized spacial score (nSPS) is 13.6. The van der Waals surface area contributed by atoms with E-state index in [1.54, 1.807) is 0 Å². The van der Waals surface area contributed by atoms with Gasteiger partial charge in [0.05, 0.1) is 5.92 Å². The molecule has 0 aromatic heterocycles. The largest absolute Gasteiger partial charge is 0.325 e. The maximum absolute atomic E-state index is 12.6. The quantitative estimate of drug-likeness (QED) is 0.856. The lowest BCUT2D eigenvalue weighted by Crippen LogP contribution is -2.31. The molecule has 0 aliphatic carbocycles. The summed E-state index contributed by atoms with van der Waals surface area (Å²) in [5.74, 6) is -0.379. The van der Waals surface area contributed by atoms with Crippen molar-refractivity contribution in [1.82, 2.24) is 4.90 Å². The summed E-state index contributed by atoms with van der Waals surface area (Å²) >= 11 is 0. The van der Waals surface area contributed by atoms with Gasteiger partial charge in [0.25, 0.3) is 0 Å². The van der Waals surface area contributed by atoms with Crippen LogP contribution in [0.5, 0.6) is 0 Å². The number of carbonyl (C=O) groups excluding carboxylic acids is 1. The SMILES string of the molecule is Cc1ccc(NC(=O)C(C)C(N)c2ccccc2)c(CN(C)C)c1. The molecule has 2 rings (SSSR count). The van der Waals surface area contributed by atoms with E-state index in [9.17, 15) is 4.79 Å². The summed E-state index contributed by atoms with van der Waals surface area (Å²) in [6.07, 6.45) is 0. The van der Waals surface area contributed by atoms with Crippen LogP contribution in [0.2, 0.25) is 0 Å². The van der Waals surface area contributed by atoms with Crippen molar-refractivity contribution in [2.75, 3.05) is 19.4 Å². The molecule has 0 radical (unpaired) electrons. The zero-order valence-corrected chi connectivity index (χ0v) is 14.9. The summed E-state index contributed by atoms with van der Waals surface area (Å²) in [6, 6.07) is 15.5. The summed E-state index contributed by atoms with van der Waals surface area (Å²) in [7, 11) is 4.03. The van der Waals surface area contributed by atoms with Crippen molar-refractivity contribution in [3.8, 4) is 0 Å². The fourth-order valence-electron chi connectivity index (χ4n) is 2.69. The lowest BCUT2D eigenvalue weighted by atomic mass is 9.94. The molecule has 1 amide bonds. The Bertz CT molecular complexity index is 683. The monoisotopic (exact) mass is 325 g/mol. The summed E-state index contributed by atoms with van der Waals surface area (Å²) in [4.78, 5) is 14.7. The second kappa shape index (κ2) is 8.08. The van der Waals surface area contributed by atoms with Crippen LogP contribution >= 0.6 is 0 Å². The lowest BCUT2D eigenvalue weighted by Gasteiger charge is -2.21. The van der Waals surface area contributed by atoms with E-state index in [1.165, 1.54) is 5.56 Å². The molecule has 0 aliphatic rings. The van der Waals surface area contributed by atoms with Crippen LogP contribution < -0.4 is 11.1 Å². The van der Waals surface area contributed by atoms with Crippen molar-refractivity contribution in [2.24, 2.45) is 11.7 Å². The van der Waals surface area contributed by atoms with Crippen LogP contribution in [0.15, 0.2) is 48.5 Å². The highest BCUT2D eigenvalue weighted by molar-refractivity contribution is 5.93. The van der Waals surface area contributed by atoms with Crippen molar-refractivity contribution < 1.29 is 4.79 Å². The van der Waals surface area contributed by atoms with Crippen molar-refractivity contribution in [3.05, 3.63) is 65.2 Å². The van der Waals surface area contributed by atoms with Crippen LogP contribution in [0.3, 0.4) is 0 Å². The Kier molecular flexibility index (Phi) is 6.12. The molecule has 2 atom stereocenters. The number of amides is 1. The molecule has 0 fully saturated rings. The predicted molar refractivity (Wildman–Crippen MR) is 99.7 cm³/mol. The van der Waals surface area contributed by atoms with Gasteiger partial charge in [0.15, 0.2) is 0 Å². The van der Waals surface area contributed by atoms with Crippen LogP contribution in [-0.4, -0.2) is 24.9 Å². The maximum atomic E-state index is 12.6. The van der Waals surface area contributed by atoms with Gasteiger partial charge < -0.3 is 16.0 Å². The second-order valence-electron chi connectivity index (χ2n) is 6.61. The molecule has 4 heteroatoms. The highest BCUT2D eigenvalue weighted by atomic mass is 16.1. The molecule has 0 aliphatic heterocycles. The molecule has 2 aromatic carbocycles. The first-order valence-electron chi connectivity index (χ1n) is 8.24. The lowest BCUT2D eigenvalue weighted by molar-refractivity contribution is -0.120. The first-order chi connectivity index (χ1) is 11.4. The average Bonchev–Trinajstić information content (AvgIpc) is 2.56. The number of aryl methyl sites for hydroxylation is 1. The van der Waals surface area contributed by atoms with Gasteiger partial charge in [0.2, 0.25) is 5.91 Å². The van der Waals surface area contributed by atoms with Crippen LogP contribution in [0.4, 0.5) is 5.69 Å². The van der Waals surface area contributed by atoms with Gasteiger partial charge in [-0.05, 0) is 38.2 Å². The molecule has 2 unspecified atom stereocenters. The number of nitrogens with zero attached hydrogens (tertiary/aromatic N) is 1. The summed E-state index contributed by atoms with van der Waals surface area (Å²) in [6.45, 7) is 4.70. The van der Waals surface area contributed by atoms with Crippen LogP contribution in [0, 0.1) is 12.8 Å². The van der Waals surface area contributed by atoms with Gasteiger partial charge in [-0.25, -0.2) is 0 Å². The number of hydrogen-bond donors (Lipinski definition) is 2. The van der Waals surface area contributed by atoms with E-state index in [2.05, 4.69) is 23.2 Å². The van der Waals surface area contributed by atoms with Gasteiger partial charge in [0.1, 0.15) is 0 Å². The van der Waals surface area contributed by atoms with Gasteiger partial charge in [-0.15, -0.1) is 0 Å². The zero-order chi connectivity index (χ0) is 17.7. The van der Waals surface area contributed by atoms with E-state index in [1.807, 2.05) is 63.5 Å². The number of hydrogen-bond acceptors (Lipinski definition) is 3. The second-order valence-corrected chi connectivity index (χ2v) is 6.61. The molecule has 0 saturated carbocycles. The standard InChI is InChI=1S/C20H27N3O/c1-14-10-11-18(17(12-14)13-23(3)4)22-20(24)15(2)19(21)16-8-6-5-7-9-16/h5-12,15,19H,13,21H2,1-4H3,(H,22,24). The Labute approximate surface area is 144 Å². The van der Waals surface area contributed by atoms with Crippen LogP contribution in [0.1, 0.15) is 29.7 Å². The molecule has 0 saturated heterocycles. The Morgan fingerprint density at radius 1 is 1.17 bits per heavy atom. The average molecular weight is 325 g/mol. The van der Waals surface area contributed by atoms with E-state index in [-0.39, 0.29) is 17.9 Å². The Balaban J connectivity index is 2.14. The molecular weight excluding hydrogens is 298 g/mol. The van der Waals surface area contributed by atoms with Crippen LogP contribution in [0.25, 0.3) is 0 Å². The molecular formula is C20H27N3O. The van der Waals surface area contributed by atoms with E-state index in [4.69, 9.17) is 5.73 Å². The first kappa shape index (κ1) is 18.2. The van der Waals surface area contributed by atoms with Crippen molar-refractivity contribution >= 4 is 11.6 Å². The maximum Gasteiger partial charge on any atom is 0.229 e. The molecule has 0 spiro atoms. The fraction of sp³-hybridized carbons (Fsp3) is 0.350. The predicted octanol–water partition coefficient (Wildman–Crippen LogP) is 3.33. The third-order valence-electron chi connectivity index (χ3n) is 4.14. The number of nitrogens with one attached hydrogen (secondary N) is 1. The van der Waals surface area contributed by atoms with Gasteiger partial charge in [0, 0.05) is 18.3 Å². The van der Waals surface area contributed by atoms with Crippen molar-refractivity contribution in [3.63, 3.8) is 0 Å². The molecule has 128 valence electrons. The highest BCUT2D eigenvalue weighted by Crippen LogP contribution is 2.23. The van der Waals surface area contributed by atoms with E-state index >= 15 is 0 Å². The molecule has 4 nitrogen and oxygen atoms in total. The smallest absolute Gasteiger partial charge is 0.229 e. The minimum Gasteiger partial charge on any atom is -0.325 e. The van der Waals surface area contributed by atoms with Crippen molar-refractivity contribution in [2.45, 2.75) is 26.4 Å². The number of rotatable bonds is 6. The fourth-order valence-corrected chi connectivity index (χ4v) is 2.69. The third kappa shape index (κ3) is 4.66. The number of carbonyl (C=O) groups is 1. The van der Waals surface area contributed by atoms with E-state index in [0.29, 0.717) is 0 Å². The highest BCUT2D eigenvalue weighted by Gasteiger charge is 2.22. The van der Waals surface area contributed by atoms with Gasteiger partial charge in [-0.3, -0.25) is 4.79 Å². The van der Waals surface area contributed by atoms with Crippen LogP contribution in [-0.2, 0) is 11.3 Å². The Morgan fingerprint density at radius 3 is 2.46 bits per heavy atom. The Hall–Kier alpha value is -2.17. The van der Waals surface area contributed by atoms with Crippen molar-refractivity contribution in [1.29, 1.82) is 0 Å².